The minimum atomic E-state index is -0.0516. The Hall–Kier alpha value is -1.71. The number of rotatable bonds is 1. The van der Waals surface area contributed by atoms with Crippen molar-refractivity contribution in [3.63, 3.8) is 0 Å². The molecule has 0 amide bonds. The first kappa shape index (κ1) is 7.91. The van der Waals surface area contributed by atoms with E-state index < -0.39 is 0 Å². The lowest BCUT2D eigenvalue weighted by Gasteiger charge is -1.96. The lowest BCUT2D eigenvalue weighted by molar-refractivity contribution is 0.101. The molecular formula is C9H9N3O. The van der Waals surface area contributed by atoms with Crippen molar-refractivity contribution in [3.8, 4) is 0 Å². The Kier molecular flexibility index (Phi) is 1.62. The van der Waals surface area contributed by atoms with Crippen molar-refractivity contribution in [3.05, 3.63) is 24.3 Å². The van der Waals surface area contributed by atoms with Gasteiger partial charge in [-0.2, -0.15) is 0 Å². The molecule has 0 bridgehead atoms. The van der Waals surface area contributed by atoms with Crippen LogP contribution in [0.1, 0.15) is 17.4 Å². The molecule has 66 valence electrons. The van der Waals surface area contributed by atoms with Gasteiger partial charge in [0.1, 0.15) is 11.2 Å². The van der Waals surface area contributed by atoms with Crippen LogP contribution in [0.2, 0.25) is 0 Å². The van der Waals surface area contributed by atoms with E-state index in [9.17, 15) is 4.79 Å². The number of pyridine rings is 1. The van der Waals surface area contributed by atoms with Gasteiger partial charge in [-0.3, -0.25) is 9.78 Å². The topological polar surface area (TPSA) is 47.8 Å². The van der Waals surface area contributed by atoms with Crippen molar-refractivity contribution < 1.29 is 4.79 Å². The number of ketones is 1. The molecule has 4 nitrogen and oxygen atoms in total. The number of nitrogens with zero attached hydrogens (tertiary/aromatic N) is 3. The SMILES string of the molecule is CC(=O)c1nccc2c1ncn2C. The van der Waals surface area contributed by atoms with Crippen LogP contribution in [0, 0.1) is 0 Å². The largest absolute Gasteiger partial charge is 0.334 e. The van der Waals surface area contributed by atoms with Gasteiger partial charge in [-0.25, -0.2) is 4.98 Å². The molecule has 0 aromatic carbocycles. The highest BCUT2D eigenvalue weighted by Crippen LogP contribution is 2.14. The highest BCUT2D eigenvalue weighted by Gasteiger charge is 2.09. The van der Waals surface area contributed by atoms with Crippen LogP contribution in [0.25, 0.3) is 11.0 Å². The van der Waals surface area contributed by atoms with E-state index in [2.05, 4.69) is 9.97 Å². The van der Waals surface area contributed by atoms with Crippen molar-refractivity contribution in [2.75, 3.05) is 0 Å². The summed E-state index contributed by atoms with van der Waals surface area (Å²) >= 11 is 0. The predicted molar refractivity (Wildman–Crippen MR) is 48.5 cm³/mol. The molecule has 2 rings (SSSR count). The fourth-order valence-electron chi connectivity index (χ4n) is 1.32. The van der Waals surface area contributed by atoms with Gasteiger partial charge in [-0.1, -0.05) is 0 Å². The molecule has 0 N–H and O–H groups in total. The second-order valence-electron chi connectivity index (χ2n) is 2.94. The Labute approximate surface area is 75.2 Å². The molecule has 0 unspecified atom stereocenters. The van der Waals surface area contributed by atoms with Crippen LogP contribution in [0.4, 0.5) is 0 Å². The lowest BCUT2D eigenvalue weighted by Crippen LogP contribution is -1.97. The molecule has 13 heavy (non-hydrogen) atoms. The molecule has 0 fully saturated rings. The number of fused-ring (bicyclic) bond motifs is 1. The van der Waals surface area contributed by atoms with E-state index in [0.717, 1.165) is 5.52 Å². The monoisotopic (exact) mass is 175 g/mol. The number of hydrogen-bond donors (Lipinski definition) is 0. The summed E-state index contributed by atoms with van der Waals surface area (Å²) in [6.07, 6.45) is 3.31. The van der Waals surface area contributed by atoms with E-state index in [4.69, 9.17) is 0 Å². The zero-order chi connectivity index (χ0) is 9.42. The van der Waals surface area contributed by atoms with E-state index in [1.807, 2.05) is 17.7 Å². The molecule has 4 heteroatoms. The first-order valence-electron chi connectivity index (χ1n) is 3.97. The summed E-state index contributed by atoms with van der Waals surface area (Å²) in [6, 6.07) is 1.84. The highest BCUT2D eigenvalue weighted by molar-refractivity contribution is 6.02. The number of aryl methyl sites for hydroxylation is 1. The molecule has 0 radical (unpaired) electrons. The molecule has 0 aliphatic rings. The van der Waals surface area contributed by atoms with Gasteiger partial charge >= 0.3 is 0 Å². The summed E-state index contributed by atoms with van der Waals surface area (Å²) in [4.78, 5) is 19.3. The molecule has 0 saturated carbocycles. The molecule has 0 spiro atoms. The number of imidazole rings is 1. The van der Waals surface area contributed by atoms with Crippen LogP contribution < -0.4 is 0 Å². The summed E-state index contributed by atoms with van der Waals surface area (Å²) < 4.78 is 1.86. The standard InChI is InChI=1S/C9H9N3O/c1-6(13)8-9-7(3-4-10-8)12(2)5-11-9/h3-5H,1-2H3. The van der Waals surface area contributed by atoms with Crippen LogP contribution in [-0.2, 0) is 7.05 Å². The molecule has 0 saturated heterocycles. The third-order valence-electron chi connectivity index (χ3n) is 1.98. The second kappa shape index (κ2) is 2.65. The van der Waals surface area contributed by atoms with Gasteiger partial charge in [0.05, 0.1) is 11.8 Å². The number of hydrogen-bond acceptors (Lipinski definition) is 3. The summed E-state index contributed by atoms with van der Waals surface area (Å²) in [5, 5.41) is 0. The second-order valence-corrected chi connectivity index (χ2v) is 2.94. The molecular weight excluding hydrogens is 166 g/mol. The van der Waals surface area contributed by atoms with E-state index in [1.165, 1.54) is 6.92 Å². The molecule has 2 aromatic heterocycles. The van der Waals surface area contributed by atoms with Gasteiger partial charge in [0.25, 0.3) is 0 Å². The van der Waals surface area contributed by atoms with Crippen molar-refractivity contribution >= 4 is 16.8 Å². The van der Waals surface area contributed by atoms with Crippen molar-refractivity contribution in [2.45, 2.75) is 6.92 Å². The van der Waals surface area contributed by atoms with Gasteiger partial charge in [0, 0.05) is 20.2 Å². The molecule has 2 aromatic rings. The number of carbonyl (C=O) groups is 1. The van der Waals surface area contributed by atoms with Crippen molar-refractivity contribution in [1.29, 1.82) is 0 Å². The van der Waals surface area contributed by atoms with Crippen LogP contribution in [0.3, 0.4) is 0 Å². The van der Waals surface area contributed by atoms with Crippen molar-refractivity contribution in [2.24, 2.45) is 7.05 Å². The maximum atomic E-state index is 11.2. The number of aromatic nitrogens is 3. The third-order valence-corrected chi connectivity index (χ3v) is 1.98. The quantitative estimate of drug-likeness (QED) is 0.611. The van der Waals surface area contributed by atoms with Gasteiger partial charge in [-0.15, -0.1) is 0 Å². The number of Topliss-reactive ketones (excluding diaryl/α,β-unsaturated/α-hetero) is 1. The summed E-state index contributed by atoms with van der Waals surface area (Å²) in [7, 11) is 1.89. The zero-order valence-electron chi connectivity index (χ0n) is 7.48. The fourth-order valence-corrected chi connectivity index (χ4v) is 1.32. The van der Waals surface area contributed by atoms with E-state index in [1.54, 1.807) is 12.5 Å². The van der Waals surface area contributed by atoms with E-state index >= 15 is 0 Å². The van der Waals surface area contributed by atoms with Crippen molar-refractivity contribution in [1.82, 2.24) is 14.5 Å². The predicted octanol–water partition coefficient (Wildman–Crippen LogP) is 1.17. The van der Waals surface area contributed by atoms with Gasteiger partial charge in [-0.05, 0) is 6.07 Å². The smallest absolute Gasteiger partial charge is 0.180 e. The first-order valence-corrected chi connectivity index (χ1v) is 3.97. The number of carbonyl (C=O) groups excluding carboxylic acids is 1. The average Bonchev–Trinajstić information content (AvgIpc) is 2.48. The third kappa shape index (κ3) is 1.11. The minimum Gasteiger partial charge on any atom is -0.334 e. The maximum Gasteiger partial charge on any atom is 0.180 e. The Morgan fingerprint density at radius 3 is 2.92 bits per heavy atom. The highest BCUT2D eigenvalue weighted by atomic mass is 16.1. The van der Waals surface area contributed by atoms with Gasteiger partial charge < -0.3 is 4.57 Å². The Morgan fingerprint density at radius 1 is 1.46 bits per heavy atom. The Bertz CT molecular complexity index is 473. The molecule has 0 atom stereocenters. The van der Waals surface area contributed by atoms with Gasteiger partial charge in [0.2, 0.25) is 0 Å². The van der Waals surface area contributed by atoms with Crippen LogP contribution in [-0.4, -0.2) is 20.3 Å². The average molecular weight is 175 g/mol. The van der Waals surface area contributed by atoms with E-state index in [-0.39, 0.29) is 5.78 Å². The minimum absolute atomic E-state index is 0.0516. The molecule has 2 heterocycles. The van der Waals surface area contributed by atoms with Crippen LogP contribution in [0.5, 0.6) is 0 Å². The fraction of sp³-hybridized carbons (Fsp3) is 0.222. The molecule has 0 aliphatic carbocycles. The maximum absolute atomic E-state index is 11.2. The summed E-state index contributed by atoms with van der Waals surface area (Å²) in [5.41, 5.74) is 2.05. The normalized spacial score (nSPS) is 10.6. The van der Waals surface area contributed by atoms with Crippen LogP contribution >= 0.6 is 0 Å². The van der Waals surface area contributed by atoms with Gasteiger partial charge in [0.15, 0.2) is 5.78 Å². The lowest BCUT2D eigenvalue weighted by atomic mass is 10.2. The Balaban J connectivity index is 2.84. The Morgan fingerprint density at radius 2 is 2.23 bits per heavy atom. The summed E-state index contributed by atoms with van der Waals surface area (Å²) in [5.74, 6) is -0.0516. The first-order chi connectivity index (χ1) is 6.20. The molecule has 0 aliphatic heterocycles. The van der Waals surface area contributed by atoms with E-state index in [0.29, 0.717) is 11.2 Å². The summed E-state index contributed by atoms with van der Waals surface area (Å²) in [6.45, 7) is 1.50. The van der Waals surface area contributed by atoms with Crippen LogP contribution in [0.15, 0.2) is 18.6 Å². The zero-order valence-corrected chi connectivity index (χ0v) is 7.48.